The predicted molar refractivity (Wildman–Crippen MR) is 225 cm³/mol. The normalized spacial score (nSPS) is 17.6. The molecule has 0 fully saturated rings. The number of pyridine rings is 1. The minimum absolute atomic E-state index is 0.384. The first-order chi connectivity index (χ1) is 26.6. The van der Waals surface area contributed by atoms with Gasteiger partial charge in [0, 0.05) is 89.5 Å². The lowest BCUT2D eigenvalue weighted by Crippen LogP contribution is -2.13. The number of aryl methyl sites for hydroxylation is 1. The fourth-order valence-corrected chi connectivity index (χ4v) is 8.75. The first kappa shape index (κ1) is 33.8. The Labute approximate surface area is 317 Å². The Hall–Kier alpha value is -6.01. The van der Waals surface area contributed by atoms with E-state index in [1.54, 1.807) is 6.20 Å². The first-order valence-electron chi connectivity index (χ1n) is 19.4. The van der Waals surface area contributed by atoms with Crippen molar-refractivity contribution in [2.45, 2.75) is 51.9 Å². The van der Waals surface area contributed by atoms with Crippen LogP contribution in [0, 0.1) is 5.92 Å². The molecule has 54 heavy (non-hydrogen) atoms. The number of aromatic nitrogens is 3. The van der Waals surface area contributed by atoms with E-state index in [-0.39, 0.29) is 0 Å². The molecule has 2 atom stereocenters. The number of hydrogen-bond acceptors (Lipinski definition) is 4. The topological polar surface area (TPSA) is 73.5 Å². The summed E-state index contributed by atoms with van der Waals surface area (Å²) in [6.07, 6.45) is 23.8. The summed E-state index contributed by atoms with van der Waals surface area (Å²) in [6, 6.07) is 29.2. The highest BCUT2D eigenvalue weighted by Gasteiger charge is 2.28. The maximum Gasteiger partial charge on any atom is 0.0568 e. The van der Waals surface area contributed by atoms with E-state index in [2.05, 4.69) is 147 Å². The third-order valence-electron chi connectivity index (χ3n) is 11.4. The van der Waals surface area contributed by atoms with Crippen molar-refractivity contribution in [3.8, 4) is 22.5 Å². The van der Waals surface area contributed by atoms with Crippen molar-refractivity contribution >= 4 is 35.0 Å². The molecule has 1 aliphatic carbocycles. The molecule has 0 amide bonds. The third kappa shape index (κ3) is 6.06. The second-order valence-electron chi connectivity index (χ2n) is 14.9. The molecule has 2 unspecified atom stereocenters. The second kappa shape index (κ2) is 14.4. The molecule has 5 heterocycles. The van der Waals surface area contributed by atoms with Gasteiger partial charge < -0.3 is 14.9 Å². The van der Waals surface area contributed by atoms with E-state index >= 15 is 0 Å². The Morgan fingerprint density at radius 3 is 2.28 bits per heavy atom. The number of aliphatic imine (C=N–C) groups is 2. The monoisotopic (exact) mass is 706 g/mol. The quantitative estimate of drug-likeness (QED) is 0.163. The van der Waals surface area contributed by atoms with E-state index < -0.39 is 0 Å². The summed E-state index contributed by atoms with van der Waals surface area (Å²) >= 11 is 0. The van der Waals surface area contributed by atoms with Crippen molar-refractivity contribution in [1.29, 1.82) is 0 Å². The molecule has 0 bridgehead atoms. The van der Waals surface area contributed by atoms with Crippen molar-refractivity contribution in [1.82, 2.24) is 14.1 Å². The second-order valence-corrected chi connectivity index (χ2v) is 14.9. The molecule has 268 valence electrons. The molecule has 9 rings (SSSR count). The first-order valence-corrected chi connectivity index (χ1v) is 19.4. The van der Waals surface area contributed by atoms with Crippen LogP contribution in [-0.4, -0.2) is 39.6 Å². The Balaban J connectivity index is 0.873. The molecule has 6 heteroatoms. The fraction of sp³-hybridized carbons (Fsp3) is 0.229. The van der Waals surface area contributed by atoms with Crippen LogP contribution in [0.1, 0.15) is 77.5 Å². The maximum atomic E-state index is 5.93. The van der Waals surface area contributed by atoms with E-state index in [1.165, 1.54) is 67.0 Å². The molecule has 6 aromatic rings. The van der Waals surface area contributed by atoms with Crippen molar-refractivity contribution in [3.63, 3.8) is 0 Å². The molecule has 0 saturated heterocycles. The van der Waals surface area contributed by atoms with E-state index in [0.717, 1.165) is 62.1 Å². The van der Waals surface area contributed by atoms with Gasteiger partial charge in [0.2, 0.25) is 0 Å². The fourth-order valence-electron chi connectivity index (χ4n) is 8.75. The number of rotatable bonds is 9. The lowest BCUT2D eigenvalue weighted by molar-refractivity contribution is 0.655. The molecular weight excluding hydrogens is 661 g/mol. The minimum Gasteiger partial charge on any atom is -0.405 e. The Bertz CT molecular complexity index is 2480. The molecule has 0 saturated carbocycles. The van der Waals surface area contributed by atoms with E-state index in [0.29, 0.717) is 11.8 Å². The zero-order valence-electron chi connectivity index (χ0n) is 31.1. The van der Waals surface area contributed by atoms with Crippen molar-refractivity contribution in [3.05, 3.63) is 161 Å². The van der Waals surface area contributed by atoms with Crippen molar-refractivity contribution in [2.75, 3.05) is 13.1 Å². The van der Waals surface area contributed by atoms with Gasteiger partial charge in [0.1, 0.15) is 0 Å². The molecule has 3 aliphatic rings. The van der Waals surface area contributed by atoms with Gasteiger partial charge in [0.05, 0.1) is 11.2 Å². The summed E-state index contributed by atoms with van der Waals surface area (Å²) in [5.74, 6) is 0.872. The van der Waals surface area contributed by atoms with Gasteiger partial charge in [-0.05, 0) is 101 Å². The highest BCUT2D eigenvalue weighted by Crippen LogP contribution is 2.36. The van der Waals surface area contributed by atoms with Gasteiger partial charge in [0.15, 0.2) is 0 Å². The van der Waals surface area contributed by atoms with Gasteiger partial charge >= 0.3 is 0 Å². The van der Waals surface area contributed by atoms with Gasteiger partial charge in [-0.3, -0.25) is 15.0 Å². The van der Waals surface area contributed by atoms with Crippen LogP contribution in [0.5, 0.6) is 0 Å². The molecule has 2 aliphatic heterocycles. The average molecular weight is 707 g/mol. The number of nitrogens with two attached hydrogens (primary N) is 1. The zero-order chi connectivity index (χ0) is 36.6. The largest absolute Gasteiger partial charge is 0.405 e. The van der Waals surface area contributed by atoms with Gasteiger partial charge in [-0.1, -0.05) is 87.0 Å². The number of benzene rings is 3. The van der Waals surface area contributed by atoms with Gasteiger partial charge in [-0.2, -0.15) is 0 Å². The summed E-state index contributed by atoms with van der Waals surface area (Å²) in [7, 11) is 0. The van der Waals surface area contributed by atoms with Gasteiger partial charge in [-0.15, -0.1) is 0 Å². The van der Waals surface area contributed by atoms with Crippen molar-refractivity contribution < 1.29 is 0 Å². The predicted octanol–water partition coefficient (Wildman–Crippen LogP) is 10.1. The zero-order valence-corrected chi connectivity index (χ0v) is 31.1. The lowest BCUT2D eigenvalue weighted by Gasteiger charge is -2.21. The standard InChI is InChI=1S/C48H46N6/c1-3-4-41-42-29-50-25-22-46(42)53(45(41)21-24-49)39-17-13-37(14-18-39)35-9-5-33(6-10-35)27-34-7-11-36(12-8-34)38-15-19-40(20-16-38)54-47-23-26-51-30-43(47)44-31-52-28-32(2)48(44)54/h5-7,9-22,24-25,29-32,34H,3-4,8,23,26-28,49H2,1-2H3/b24-21-. The van der Waals surface area contributed by atoms with Crippen LogP contribution < -0.4 is 5.73 Å². The Morgan fingerprint density at radius 2 is 1.56 bits per heavy atom. The van der Waals surface area contributed by atoms with Crippen LogP contribution in [-0.2, 0) is 19.3 Å². The van der Waals surface area contributed by atoms with Crippen LogP contribution in [0.3, 0.4) is 0 Å². The number of allylic oxidation sites excluding steroid dienone is 4. The maximum absolute atomic E-state index is 5.93. The van der Waals surface area contributed by atoms with E-state index in [1.807, 2.05) is 18.5 Å². The van der Waals surface area contributed by atoms with Crippen molar-refractivity contribution in [2.24, 2.45) is 21.6 Å². The molecule has 0 radical (unpaired) electrons. The highest BCUT2D eigenvalue weighted by atomic mass is 15.0. The summed E-state index contributed by atoms with van der Waals surface area (Å²) in [5.41, 5.74) is 23.5. The number of hydrogen-bond donors (Lipinski definition) is 1. The van der Waals surface area contributed by atoms with Gasteiger partial charge in [-0.25, -0.2) is 0 Å². The molecule has 0 spiro atoms. The summed E-state index contributed by atoms with van der Waals surface area (Å²) < 4.78 is 4.79. The smallest absolute Gasteiger partial charge is 0.0568 e. The minimum atomic E-state index is 0.384. The van der Waals surface area contributed by atoms with E-state index in [4.69, 9.17) is 5.73 Å². The molecular formula is C48H46N6. The average Bonchev–Trinajstić information content (AvgIpc) is 3.72. The third-order valence-corrected chi connectivity index (χ3v) is 11.4. The Morgan fingerprint density at radius 1 is 0.833 bits per heavy atom. The highest BCUT2D eigenvalue weighted by molar-refractivity contribution is 5.98. The van der Waals surface area contributed by atoms with Crippen LogP contribution >= 0.6 is 0 Å². The molecule has 2 N–H and O–H groups in total. The van der Waals surface area contributed by atoms with Crippen LogP contribution in [0.15, 0.2) is 126 Å². The Kier molecular flexibility index (Phi) is 9.03. The van der Waals surface area contributed by atoms with Crippen LogP contribution in [0.2, 0.25) is 0 Å². The molecule has 3 aromatic carbocycles. The number of nitrogens with zero attached hydrogens (tertiary/aromatic N) is 5. The van der Waals surface area contributed by atoms with Crippen LogP contribution in [0.25, 0.3) is 45.1 Å². The summed E-state index contributed by atoms with van der Waals surface area (Å²) in [5, 5.41) is 1.19. The van der Waals surface area contributed by atoms with Gasteiger partial charge in [0.25, 0.3) is 0 Å². The van der Waals surface area contributed by atoms with Crippen LogP contribution in [0.4, 0.5) is 0 Å². The summed E-state index contributed by atoms with van der Waals surface area (Å²) in [6.45, 7) is 6.18. The SMILES string of the molecule is CCCc1c(/C=C\N)n(-c2ccc(-c3ccc(CC4C=CC(c5ccc(-n6c7c(c8c6C(C)CN=C8)C=NCC7)cc5)=CC4)cc3)cc2)c2ccncc12. The molecule has 3 aromatic heterocycles. The lowest BCUT2D eigenvalue weighted by atomic mass is 9.88. The van der Waals surface area contributed by atoms with E-state index in [9.17, 15) is 0 Å². The summed E-state index contributed by atoms with van der Waals surface area (Å²) in [4.78, 5) is 13.7. The number of fused-ring (bicyclic) bond motifs is 4. The molecule has 6 nitrogen and oxygen atoms in total.